The van der Waals surface area contributed by atoms with E-state index in [1.807, 2.05) is 20.8 Å². The van der Waals surface area contributed by atoms with Crippen LogP contribution in [0.1, 0.15) is 52.5 Å². The second-order valence-corrected chi connectivity index (χ2v) is 7.55. The van der Waals surface area contributed by atoms with Gasteiger partial charge in [-0.05, 0) is 44.9 Å². The first-order chi connectivity index (χ1) is 9.80. The molecule has 2 N–H and O–H groups in total. The topological polar surface area (TPSA) is 71.1 Å². The molecule has 0 radical (unpaired) electrons. The lowest BCUT2D eigenvalue weighted by Crippen LogP contribution is -2.43. The summed E-state index contributed by atoms with van der Waals surface area (Å²) in [7, 11) is -3.56. The first-order valence-corrected chi connectivity index (χ1v) is 8.98. The van der Waals surface area contributed by atoms with E-state index in [1.54, 1.807) is 18.3 Å². The summed E-state index contributed by atoms with van der Waals surface area (Å²) in [4.78, 5) is 4.08. The third-order valence-corrected chi connectivity index (χ3v) is 4.73. The summed E-state index contributed by atoms with van der Waals surface area (Å²) in [6.07, 6.45) is 4.39. The van der Waals surface area contributed by atoms with E-state index in [-0.39, 0.29) is 5.03 Å². The molecule has 0 aliphatic heterocycles. The van der Waals surface area contributed by atoms with E-state index in [2.05, 4.69) is 21.9 Å². The van der Waals surface area contributed by atoms with E-state index in [0.717, 1.165) is 31.4 Å². The third-order valence-electron chi connectivity index (χ3n) is 3.11. The van der Waals surface area contributed by atoms with Gasteiger partial charge in [0.1, 0.15) is 0 Å². The Hall–Kier alpha value is -0.980. The zero-order valence-corrected chi connectivity index (χ0v) is 14.3. The van der Waals surface area contributed by atoms with Gasteiger partial charge in [0.25, 0.3) is 10.0 Å². The lowest BCUT2D eigenvalue weighted by atomic mass is 10.0. The maximum atomic E-state index is 12.3. The highest BCUT2D eigenvalue weighted by atomic mass is 32.2. The normalized spacial score (nSPS) is 12.6. The molecule has 0 spiro atoms. The molecule has 21 heavy (non-hydrogen) atoms. The number of rotatable bonds is 9. The van der Waals surface area contributed by atoms with E-state index in [9.17, 15) is 8.42 Å². The average molecular weight is 313 g/mol. The smallest absolute Gasteiger partial charge is 0.258 e. The molecule has 0 atom stereocenters. The summed E-state index contributed by atoms with van der Waals surface area (Å²) in [6.45, 7) is 9.55. The number of sulfonamides is 1. The Labute approximate surface area is 128 Å². The zero-order valence-electron chi connectivity index (χ0n) is 13.4. The molecule has 0 aromatic carbocycles. The van der Waals surface area contributed by atoms with Crippen LogP contribution in [0.15, 0.2) is 23.4 Å². The van der Waals surface area contributed by atoms with Gasteiger partial charge < -0.3 is 5.32 Å². The Morgan fingerprint density at radius 3 is 2.43 bits per heavy atom. The zero-order chi connectivity index (χ0) is 15.9. The van der Waals surface area contributed by atoms with Crippen molar-refractivity contribution in [2.75, 3.05) is 6.54 Å². The van der Waals surface area contributed by atoms with Crippen LogP contribution in [0.25, 0.3) is 0 Å². The molecule has 0 aliphatic rings. The highest BCUT2D eigenvalue weighted by Gasteiger charge is 2.26. The molecular weight excluding hydrogens is 286 g/mol. The van der Waals surface area contributed by atoms with Crippen molar-refractivity contribution in [1.29, 1.82) is 0 Å². The average Bonchev–Trinajstić information content (AvgIpc) is 2.38. The lowest BCUT2D eigenvalue weighted by molar-refractivity contribution is 0.417. The van der Waals surface area contributed by atoms with E-state index in [4.69, 9.17) is 0 Å². The minimum atomic E-state index is -3.56. The van der Waals surface area contributed by atoms with Crippen molar-refractivity contribution in [3.8, 4) is 0 Å². The molecule has 5 nitrogen and oxygen atoms in total. The molecule has 120 valence electrons. The van der Waals surface area contributed by atoms with Crippen molar-refractivity contribution in [2.45, 2.75) is 64.1 Å². The van der Waals surface area contributed by atoms with E-state index >= 15 is 0 Å². The largest absolute Gasteiger partial charge is 0.313 e. The number of nitrogens with one attached hydrogen (secondary N) is 2. The van der Waals surface area contributed by atoms with E-state index in [0.29, 0.717) is 6.54 Å². The third kappa shape index (κ3) is 6.11. The van der Waals surface area contributed by atoms with Gasteiger partial charge in [0.2, 0.25) is 0 Å². The van der Waals surface area contributed by atoms with Crippen molar-refractivity contribution in [3.05, 3.63) is 23.9 Å². The molecule has 0 unspecified atom stereocenters. The quantitative estimate of drug-likeness (QED) is 0.687. The van der Waals surface area contributed by atoms with Gasteiger partial charge in [-0.1, -0.05) is 26.3 Å². The van der Waals surface area contributed by atoms with Crippen LogP contribution in [-0.2, 0) is 16.6 Å². The molecule has 6 heteroatoms. The summed E-state index contributed by atoms with van der Waals surface area (Å²) in [5.41, 5.74) is 0.520. The summed E-state index contributed by atoms with van der Waals surface area (Å²) in [5, 5.41) is 3.33. The van der Waals surface area contributed by atoms with Crippen LogP contribution < -0.4 is 10.0 Å². The lowest BCUT2D eigenvalue weighted by Gasteiger charge is -2.25. The highest BCUT2D eigenvalue weighted by Crippen LogP contribution is 2.16. The minimum Gasteiger partial charge on any atom is -0.313 e. The van der Waals surface area contributed by atoms with Crippen LogP contribution in [0.4, 0.5) is 0 Å². The highest BCUT2D eigenvalue weighted by molar-refractivity contribution is 7.89. The fraction of sp³-hybridized carbons (Fsp3) is 0.667. The van der Waals surface area contributed by atoms with E-state index < -0.39 is 15.6 Å². The number of nitrogens with zero attached hydrogens (tertiary/aromatic N) is 1. The van der Waals surface area contributed by atoms with Crippen molar-refractivity contribution in [2.24, 2.45) is 0 Å². The van der Waals surface area contributed by atoms with E-state index in [1.165, 1.54) is 0 Å². The fourth-order valence-electron chi connectivity index (χ4n) is 2.18. The summed E-state index contributed by atoms with van der Waals surface area (Å²) < 4.78 is 27.3. The van der Waals surface area contributed by atoms with Crippen molar-refractivity contribution in [1.82, 2.24) is 15.0 Å². The number of pyridine rings is 1. The second kappa shape index (κ2) is 7.87. The van der Waals surface area contributed by atoms with Crippen LogP contribution in [0.5, 0.6) is 0 Å². The van der Waals surface area contributed by atoms with Crippen molar-refractivity contribution >= 4 is 10.0 Å². The molecule has 0 saturated carbocycles. The van der Waals surface area contributed by atoms with Crippen LogP contribution in [0.2, 0.25) is 0 Å². The van der Waals surface area contributed by atoms with Crippen molar-refractivity contribution < 1.29 is 8.42 Å². The molecule has 0 aliphatic carbocycles. The van der Waals surface area contributed by atoms with Gasteiger partial charge in [-0.2, -0.15) is 0 Å². The monoisotopic (exact) mass is 313 g/mol. The molecule has 0 saturated heterocycles. The standard InChI is InChI=1S/C15H27N3O2S/c1-5-9-15(3,4)18-21(19,20)14-8-7-13(12-17-14)11-16-10-6-2/h7-8,12,16,18H,5-6,9-11H2,1-4H3. The second-order valence-electron chi connectivity index (χ2n) is 5.92. The first kappa shape index (κ1) is 18.1. The molecule has 0 bridgehead atoms. The molecule has 1 rings (SSSR count). The molecule has 1 aromatic rings. The number of aromatic nitrogens is 1. The predicted molar refractivity (Wildman–Crippen MR) is 85.5 cm³/mol. The summed E-state index contributed by atoms with van der Waals surface area (Å²) >= 11 is 0. The van der Waals surface area contributed by atoms with Crippen LogP contribution in [-0.4, -0.2) is 25.5 Å². The Morgan fingerprint density at radius 1 is 1.19 bits per heavy atom. The number of hydrogen-bond donors (Lipinski definition) is 2. The minimum absolute atomic E-state index is 0.0749. The van der Waals surface area contributed by atoms with Gasteiger partial charge in [0.15, 0.2) is 5.03 Å². The Bertz CT molecular complexity index is 524. The summed E-state index contributed by atoms with van der Waals surface area (Å²) in [5.74, 6) is 0. The first-order valence-electron chi connectivity index (χ1n) is 7.50. The van der Waals surface area contributed by atoms with Crippen LogP contribution in [0, 0.1) is 0 Å². The van der Waals surface area contributed by atoms with Gasteiger partial charge in [-0.15, -0.1) is 0 Å². The van der Waals surface area contributed by atoms with Crippen molar-refractivity contribution in [3.63, 3.8) is 0 Å². The van der Waals surface area contributed by atoms with Gasteiger partial charge >= 0.3 is 0 Å². The molecule has 1 aromatic heterocycles. The maximum absolute atomic E-state index is 12.3. The predicted octanol–water partition coefficient (Wildman–Crippen LogP) is 2.44. The fourth-order valence-corrected chi connectivity index (χ4v) is 3.55. The van der Waals surface area contributed by atoms with Gasteiger partial charge in [0.05, 0.1) is 0 Å². The Kier molecular flexibility index (Phi) is 6.77. The van der Waals surface area contributed by atoms with Crippen LogP contribution in [0.3, 0.4) is 0 Å². The molecule has 0 amide bonds. The number of hydrogen-bond acceptors (Lipinski definition) is 4. The Balaban J connectivity index is 2.75. The molecule has 0 fully saturated rings. The van der Waals surface area contributed by atoms with Gasteiger partial charge in [-0.25, -0.2) is 18.1 Å². The Morgan fingerprint density at radius 2 is 1.90 bits per heavy atom. The molecular formula is C15H27N3O2S. The molecule has 1 heterocycles. The van der Waals surface area contributed by atoms with Gasteiger partial charge in [0, 0.05) is 18.3 Å². The maximum Gasteiger partial charge on any atom is 0.258 e. The van der Waals surface area contributed by atoms with Crippen LogP contribution >= 0.6 is 0 Å². The SMILES string of the molecule is CCCNCc1ccc(S(=O)(=O)NC(C)(C)CCC)nc1. The van der Waals surface area contributed by atoms with Gasteiger partial charge in [-0.3, -0.25) is 0 Å². The summed E-state index contributed by atoms with van der Waals surface area (Å²) in [6, 6.07) is 3.37.